The van der Waals surface area contributed by atoms with E-state index < -0.39 is 0 Å². The zero-order valence-electron chi connectivity index (χ0n) is 16.2. The molecule has 1 N–H and O–H groups in total. The number of carbonyl (C=O) groups is 1. The first kappa shape index (κ1) is 20.3. The fourth-order valence-electron chi connectivity index (χ4n) is 2.98. The molecule has 0 bridgehead atoms. The first-order valence-electron chi connectivity index (χ1n) is 9.34. The molecule has 8 heteroatoms. The SMILES string of the molecule is CC(NC(=O)CSc1nnc(-c2ccccc2)n1-c1ccc(F)cc1)c1cccs1. The van der Waals surface area contributed by atoms with Crippen molar-refractivity contribution in [1.82, 2.24) is 20.1 Å². The van der Waals surface area contributed by atoms with Gasteiger partial charge in [-0.25, -0.2) is 4.39 Å². The minimum Gasteiger partial charge on any atom is -0.348 e. The number of amides is 1. The first-order valence-corrected chi connectivity index (χ1v) is 11.2. The summed E-state index contributed by atoms with van der Waals surface area (Å²) in [5.41, 5.74) is 1.62. The summed E-state index contributed by atoms with van der Waals surface area (Å²) in [5.74, 6) is 0.432. The van der Waals surface area contributed by atoms with E-state index in [9.17, 15) is 9.18 Å². The van der Waals surface area contributed by atoms with Crippen LogP contribution in [0.2, 0.25) is 0 Å². The van der Waals surface area contributed by atoms with Crippen LogP contribution in [-0.2, 0) is 4.79 Å². The third-order valence-electron chi connectivity index (χ3n) is 4.43. The lowest BCUT2D eigenvalue weighted by Gasteiger charge is -2.13. The summed E-state index contributed by atoms with van der Waals surface area (Å²) in [4.78, 5) is 13.6. The van der Waals surface area contributed by atoms with E-state index in [0.29, 0.717) is 11.0 Å². The van der Waals surface area contributed by atoms with Crippen LogP contribution < -0.4 is 5.32 Å². The predicted molar refractivity (Wildman–Crippen MR) is 118 cm³/mol. The Balaban J connectivity index is 1.56. The van der Waals surface area contributed by atoms with E-state index in [1.165, 1.54) is 23.9 Å². The molecular weight excluding hydrogens is 419 g/mol. The van der Waals surface area contributed by atoms with Crippen molar-refractivity contribution in [3.63, 3.8) is 0 Å². The Bertz CT molecular complexity index is 1110. The Morgan fingerprint density at radius 3 is 2.57 bits per heavy atom. The molecule has 152 valence electrons. The number of rotatable bonds is 7. The van der Waals surface area contributed by atoms with Gasteiger partial charge in [-0.1, -0.05) is 48.2 Å². The van der Waals surface area contributed by atoms with Crippen LogP contribution in [0.3, 0.4) is 0 Å². The van der Waals surface area contributed by atoms with Gasteiger partial charge in [-0.05, 0) is 42.6 Å². The van der Waals surface area contributed by atoms with Crippen molar-refractivity contribution in [1.29, 1.82) is 0 Å². The first-order chi connectivity index (χ1) is 14.6. The summed E-state index contributed by atoms with van der Waals surface area (Å²) in [5, 5.41) is 14.2. The second kappa shape index (κ2) is 9.23. The van der Waals surface area contributed by atoms with Crippen molar-refractivity contribution < 1.29 is 9.18 Å². The highest BCUT2D eigenvalue weighted by molar-refractivity contribution is 7.99. The van der Waals surface area contributed by atoms with E-state index in [0.717, 1.165) is 16.1 Å². The standard InChI is InChI=1S/C22H19FN4OS2/c1-15(19-8-5-13-29-19)24-20(28)14-30-22-26-25-21(16-6-3-2-4-7-16)27(22)18-11-9-17(23)10-12-18/h2-13,15H,14H2,1H3,(H,24,28). The molecule has 4 rings (SSSR count). The molecule has 0 radical (unpaired) electrons. The smallest absolute Gasteiger partial charge is 0.230 e. The third kappa shape index (κ3) is 4.60. The molecule has 0 saturated heterocycles. The van der Waals surface area contributed by atoms with Gasteiger partial charge in [0, 0.05) is 16.1 Å². The minimum atomic E-state index is -0.316. The van der Waals surface area contributed by atoms with E-state index in [-0.39, 0.29) is 23.5 Å². The van der Waals surface area contributed by atoms with Gasteiger partial charge in [0.25, 0.3) is 0 Å². The normalized spacial score (nSPS) is 11.9. The molecule has 0 aliphatic heterocycles. The predicted octanol–water partition coefficient (Wildman–Crippen LogP) is 5.10. The molecule has 0 aliphatic rings. The summed E-state index contributed by atoms with van der Waals surface area (Å²) >= 11 is 2.91. The van der Waals surface area contributed by atoms with E-state index in [2.05, 4.69) is 15.5 Å². The number of hydrogen-bond donors (Lipinski definition) is 1. The maximum absolute atomic E-state index is 13.4. The highest BCUT2D eigenvalue weighted by atomic mass is 32.2. The van der Waals surface area contributed by atoms with E-state index >= 15 is 0 Å². The maximum atomic E-state index is 13.4. The van der Waals surface area contributed by atoms with Gasteiger partial charge in [0.2, 0.25) is 5.91 Å². The van der Waals surface area contributed by atoms with E-state index in [1.807, 2.05) is 59.3 Å². The fraction of sp³-hybridized carbons (Fsp3) is 0.136. The Labute approximate surface area is 182 Å². The van der Waals surface area contributed by atoms with Crippen molar-refractivity contribution in [2.75, 3.05) is 5.75 Å². The lowest BCUT2D eigenvalue weighted by atomic mass is 10.2. The summed E-state index contributed by atoms with van der Waals surface area (Å²) in [7, 11) is 0. The van der Waals surface area contributed by atoms with Crippen molar-refractivity contribution in [2.24, 2.45) is 0 Å². The van der Waals surface area contributed by atoms with Crippen molar-refractivity contribution >= 4 is 29.0 Å². The van der Waals surface area contributed by atoms with Gasteiger partial charge in [-0.3, -0.25) is 9.36 Å². The molecule has 0 fully saturated rings. The summed E-state index contributed by atoms with van der Waals surface area (Å²) in [6.07, 6.45) is 0. The second-order valence-corrected chi connectivity index (χ2v) is 8.50. The molecule has 2 aromatic heterocycles. The van der Waals surface area contributed by atoms with Gasteiger partial charge < -0.3 is 5.32 Å². The molecule has 1 atom stereocenters. The molecule has 2 aromatic carbocycles. The van der Waals surface area contributed by atoms with E-state index in [4.69, 9.17) is 0 Å². The van der Waals surface area contributed by atoms with Crippen molar-refractivity contribution in [3.05, 3.63) is 82.8 Å². The average molecular weight is 439 g/mol. The highest BCUT2D eigenvalue weighted by Crippen LogP contribution is 2.28. The van der Waals surface area contributed by atoms with Gasteiger partial charge in [0.05, 0.1) is 11.8 Å². The number of nitrogens with zero attached hydrogens (tertiary/aromatic N) is 3. The number of aromatic nitrogens is 3. The van der Waals surface area contributed by atoms with Gasteiger partial charge in [-0.15, -0.1) is 21.5 Å². The summed E-state index contributed by atoms with van der Waals surface area (Å²) in [6, 6.07) is 19.7. The zero-order chi connectivity index (χ0) is 20.9. The van der Waals surface area contributed by atoms with E-state index in [1.54, 1.807) is 23.5 Å². The van der Waals surface area contributed by atoms with Gasteiger partial charge in [0.1, 0.15) is 5.82 Å². The highest BCUT2D eigenvalue weighted by Gasteiger charge is 2.18. The largest absolute Gasteiger partial charge is 0.348 e. The van der Waals surface area contributed by atoms with Crippen LogP contribution in [0.5, 0.6) is 0 Å². The average Bonchev–Trinajstić information content (AvgIpc) is 3.44. The molecule has 4 aromatic rings. The van der Waals surface area contributed by atoms with Crippen molar-refractivity contribution in [3.8, 4) is 17.1 Å². The number of thioether (sulfide) groups is 1. The summed E-state index contributed by atoms with van der Waals surface area (Å²) in [6.45, 7) is 1.96. The van der Waals surface area contributed by atoms with Gasteiger partial charge >= 0.3 is 0 Å². The lowest BCUT2D eigenvalue weighted by molar-refractivity contribution is -0.119. The maximum Gasteiger partial charge on any atom is 0.230 e. The molecular formula is C22H19FN4OS2. The molecule has 1 amide bonds. The Hall–Kier alpha value is -2.97. The van der Waals surface area contributed by atoms with Crippen LogP contribution in [0.4, 0.5) is 4.39 Å². The lowest BCUT2D eigenvalue weighted by Crippen LogP contribution is -2.27. The second-order valence-electron chi connectivity index (χ2n) is 6.58. The molecule has 5 nitrogen and oxygen atoms in total. The Morgan fingerprint density at radius 2 is 1.87 bits per heavy atom. The number of thiophene rings is 1. The van der Waals surface area contributed by atoms with Crippen LogP contribution in [0.25, 0.3) is 17.1 Å². The zero-order valence-corrected chi connectivity index (χ0v) is 17.8. The third-order valence-corrected chi connectivity index (χ3v) is 6.41. The molecule has 0 saturated carbocycles. The number of nitrogens with one attached hydrogen (secondary N) is 1. The fourth-order valence-corrected chi connectivity index (χ4v) is 4.48. The van der Waals surface area contributed by atoms with Crippen LogP contribution in [0, 0.1) is 5.82 Å². The van der Waals surface area contributed by atoms with Crippen LogP contribution >= 0.6 is 23.1 Å². The topological polar surface area (TPSA) is 59.8 Å². The number of hydrogen-bond acceptors (Lipinski definition) is 5. The molecule has 0 aliphatic carbocycles. The van der Waals surface area contributed by atoms with Gasteiger partial charge in [0.15, 0.2) is 11.0 Å². The number of benzene rings is 2. The molecule has 2 heterocycles. The van der Waals surface area contributed by atoms with Crippen LogP contribution in [0.1, 0.15) is 17.8 Å². The minimum absolute atomic E-state index is 0.0482. The number of halogens is 1. The van der Waals surface area contributed by atoms with Crippen LogP contribution in [0.15, 0.2) is 77.3 Å². The Kier molecular flexibility index (Phi) is 6.25. The van der Waals surface area contributed by atoms with Crippen LogP contribution in [-0.4, -0.2) is 26.4 Å². The number of carbonyl (C=O) groups excluding carboxylic acids is 1. The molecule has 1 unspecified atom stereocenters. The monoisotopic (exact) mass is 438 g/mol. The summed E-state index contributed by atoms with van der Waals surface area (Å²) < 4.78 is 15.3. The Morgan fingerprint density at radius 1 is 1.10 bits per heavy atom. The molecule has 30 heavy (non-hydrogen) atoms. The molecule has 0 spiro atoms. The van der Waals surface area contributed by atoms with Gasteiger partial charge in [-0.2, -0.15) is 0 Å². The van der Waals surface area contributed by atoms with Crippen molar-refractivity contribution in [2.45, 2.75) is 18.1 Å². The quantitative estimate of drug-likeness (QED) is 0.408.